The third kappa shape index (κ3) is 13.4. The highest BCUT2D eigenvalue weighted by molar-refractivity contribution is 9.10. The lowest BCUT2D eigenvalue weighted by Gasteiger charge is -2.36. The molecule has 0 unspecified atom stereocenters. The van der Waals surface area contributed by atoms with Crippen molar-refractivity contribution in [3.8, 4) is 17.2 Å². The number of oxime groups is 2. The lowest BCUT2D eigenvalue weighted by Crippen LogP contribution is -2.42. The van der Waals surface area contributed by atoms with Crippen LogP contribution in [0.5, 0.6) is 17.2 Å². The molecular formula is C46H51BrN2O7Si. The first kappa shape index (κ1) is 42.9. The minimum absolute atomic E-state index is 0.0514. The molecular weight excluding hydrogens is 801 g/mol. The number of carbonyl (C=O) groups excluding carboxylic acids is 1. The average molecular weight is 852 g/mol. The van der Waals surface area contributed by atoms with Crippen molar-refractivity contribution in [2.75, 3.05) is 13.7 Å². The molecule has 57 heavy (non-hydrogen) atoms. The van der Waals surface area contributed by atoms with Gasteiger partial charge in [0.15, 0.2) is 25.5 Å². The molecule has 11 heteroatoms. The van der Waals surface area contributed by atoms with E-state index >= 15 is 0 Å². The molecule has 9 nitrogen and oxygen atoms in total. The topological polar surface area (TPSA) is 97.2 Å². The van der Waals surface area contributed by atoms with Gasteiger partial charge < -0.3 is 28.3 Å². The molecule has 0 aliphatic heterocycles. The molecule has 0 amide bonds. The average Bonchev–Trinajstić information content (AvgIpc) is 3.20. The number of esters is 1. The lowest BCUT2D eigenvalue weighted by atomic mass is 10.1. The summed E-state index contributed by atoms with van der Waals surface area (Å²) >= 11 is 3.75. The summed E-state index contributed by atoms with van der Waals surface area (Å²) in [5.41, 5.74) is 5.63. The second-order valence-electron chi connectivity index (χ2n) is 15.0. The van der Waals surface area contributed by atoms with E-state index in [2.05, 4.69) is 60.1 Å². The Morgan fingerprint density at radius 3 is 1.70 bits per heavy atom. The predicted molar refractivity (Wildman–Crippen MR) is 231 cm³/mol. The quantitative estimate of drug-likeness (QED) is 0.0353. The molecule has 0 saturated carbocycles. The summed E-state index contributed by atoms with van der Waals surface area (Å²) in [6, 6.07) is 40.9. The fourth-order valence-corrected chi connectivity index (χ4v) is 6.73. The van der Waals surface area contributed by atoms with Crippen LogP contribution in [0.25, 0.3) is 0 Å². The Balaban J connectivity index is 1.37. The van der Waals surface area contributed by atoms with Gasteiger partial charge in [0.1, 0.15) is 25.6 Å². The van der Waals surface area contributed by atoms with E-state index in [9.17, 15) is 4.79 Å². The Labute approximate surface area is 345 Å². The van der Waals surface area contributed by atoms with Gasteiger partial charge in [0.25, 0.3) is 0 Å². The first-order valence-electron chi connectivity index (χ1n) is 18.8. The molecule has 0 aliphatic carbocycles. The van der Waals surface area contributed by atoms with Gasteiger partial charge in [-0.15, -0.1) is 0 Å². The zero-order valence-electron chi connectivity index (χ0n) is 33.5. The standard InChI is InChI=1S/C46H51BrN2O7Si/c1-46(2,3)57(5,6)55-33-39(48-53-31-35-18-12-8-13-19-35)26-37-22-24-42(40(47)27-37)56-44-29-38(23-25-43(44)52-30-34-16-10-7-11-17-34)28-41(45(50)51-4)49-54-32-36-20-14-9-15-21-36/h7-25,27,29H,26,28,30-33H2,1-6H3/b48-39+,49-41+. The number of hydrogen-bond donors (Lipinski definition) is 0. The van der Waals surface area contributed by atoms with Crippen molar-refractivity contribution in [1.82, 2.24) is 0 Å². The van der Waals surface area contributed by atoms with E-state index in [0.29, 0.717) is 43.5 Å². The second-order valence-corrected chi connectivity index (χ2v) is 20.7. The van der Waals surface area contributed by atoms with Crippen LogP contribution in [0.3, 0.4) is 0 Å². The highest BCUT2D eigenvalue weighted by atomic mass is 79.9. The Bertz CT molecular complexity index is 2100. The molecule has 0 bridgehead atoms. The van der Waals surface area contributed by atoms with Gasteiger partial charge in [0.05, 0.1) is 23.9 Å². The number of benzene rings is 5. The van der Waals surface area contributed by atoms with Crippen LogP contribution in [-0.4, -0.2) is 39.4 Å². The number of rotatable bonds is 19. The Kier molecular flexibility index (Phi) is 15.6. The number of methoxy groups -OCH3 is 1. The van der Waals surface area contributed by atoms with Crippen LogP contribution in [0.2, 0.25) is 18.1 Å². The third-order valence-electron chi connectivity index (χ3n) is 9.58. The number of ether oxygens (including phenoxy) is 3. The van der Waals surface area contributed by atoms with Gasteiger partial charge in [0.2, 0.25) is 0 Å². The van der Waals surface area contributed by atoms with Crippen molar-refractivity contribution in [2.45, 2.75) is 71.6 Å². The fraction of sp³-hybridized carbons (Fsp3) is 0.283. The second kappa shape index (κ2) is 20.8. The minimum Gasteiger partial charge on any atom is -0.485 e. The van der Waals surface area contributed by atoms with Gasteiger partial charge in [-0.25, -0.2) is 4.79 Å². The molecule has 0 radical (unpaired) electrons. The summed E-state index contributed by atoms with van der Waals surface area (Å²) in [6.07, 6.45) is 0.660. The molecule has 0 saturated heterocycles. The zero-order chi connectivity index (χ0) is 40.7. The van der Waals surface area contributed by atoms with Crippen LogP contribution in [0.15, 0.2) is 142 Å². The first-order chi connectivity index (χ1) is 27.4. The van der Waals surface area contributed by atoms with Gasteiger partial charge in [0, 0.05) is 12.8 Å². The Hall–Kier alpha value is -5.23. The van der Waals surface area contributed by atoms with E-state index in [1.165, 1.54) is 7.11 Å². The van der Waals surface area contributed by atoms with E-state index in [0.717, 1.165) is 38.0 Å². The molecule has 0 N–H and O–H groups in total. The van der Waals surface area contributed by atoms with Crippen LogP contribution < -0.4 is 9.47 Å². The fourth-order valence-electron chi connectivity index (χ4n) is 5.26. The summed E-state index contributed by atoms with van der Waals surface area (Å²) in [6.45, 7) is 12.4. The van der Waals surface area contributed by atoms with Crippen molar-refractivity contribution < 1.29 is 33.1 Å². The van der Waals surface area contributed by atoms with Gasteiger partial charge in [-0.05, 0) is 86.1 Å². The summed E-state index contributed by atoms with van der Waals surface area (Å²) in [5.74, 6) is 0.982. The zero-order valence-corrected chi connectivity index (χ0v) is 36.1. The lowest BCUT2D eigenvalue weighted by molar-refractivity contribution is -0.133. The highest BCUT2D eigenvalue weighted by Gasteiger charge is 2.37. The molecule has 0 heterocycles. The maximum absolute atomic E-state index is 12.8. The van der Waals surface area contributed by atoms with E-state index in [1.54, 1.807) is 0 Å². The van der Waals surface area contributed by atoms with Crippen molar-refractivity contribution in [2.24, 2.45) is 10.3 Å². The predicted octanol–water partition coefficient (Wildman–Crippen LogP) is 11.2. The smallest absolute Gasteiger partial charge is 0.356 e. The van der Waals surface area contributed by atoms with Crippen LogP contribution in [0.4, 0.5) is 0 Å². The van der Waals surface area contributed by atoms with Crippen molar-refractivity contribution in [1.29, 1.82) is 0 Å². The molecule has 5 aromatic rings. The first-order valence-corrected chi connectivity index (χ1v) is 22.5. The van der Waals surface area contributed by atoms with Crippen LogP contribution >= 0.6 is 15.9 Å². The monoisotopic (exact) mass is 850 g/mol. The summed E-state index contributed by atoms with van der Waals surface area (Å²) in [4.78, 5) is 24.1. The molecule has 5 rings (SSSR count). The minimum atomic E-state index is -2.05. The SMILES string of the molecule is COC(=O)/C(Cc1ccc(OCc2ccccc2)c(Oc2ccc(C/C(CO[Si](C)(C)C(C)(C)C)=N\OCc3ccccc3)cc2Br)c1)=N/OCc1ccccc1. The maximum Gasteiger partial charge on any atom is 0.356 e. The maximum atomic E-state index is 12.8. The largest absolute Gasteiger partial charge is 0.485 e. The molecule has 0 aliphatic rings. The van der Waals surface area contributed by atoms with E-state index < -0.39 is 14.3 Å². The van der Waals surface area contributed by atoms with E-state index in [4.69, 9.17) is 28.3 Å². The van der Waals surface area contributed by atoms with Gasteiger partial charge in [-0.3, -0.25) is 0 Å². The molecule has 0 fully saturated rings. The van der Waals surface area contributed by atoms with E-state index in [1.807, 2.05) is 127 Å². The Morgan fingerprint density at radius 2 is 1.16 bits per heavy atom. The number of nitrogens with zero attached hydrogens (tertiary/aromatic N) is 2. The summed E-state index contributed by atoms with van der Waals surface area (Å²) in [5, 5.41) is 8.77. The van der Waals surface area contributed by atoms with Gasteiger partial charge in [-0.1, -0.05) is 134 Å². The van der Waals surface area contributed by atoms with Crippen molar-refractivity contribution in [3.05, 3.63) is 160 Å². The molecule has 298 valence electrons. The Morgan fingerprint density at radius 1 is 0.632 bits per heavy atom. The number of hydrogen-bond acceptors (Lipinski definition) is 9. The van der Waals surface area contributed by atoms with Gasteiger partial charge in [-0.2, -0.15) is 0 Å². The molecule has 0 spiro atoms. The third-order valence-corrected chi connectivity index (χ3v) is 14.7. The molecule has 0 aromatic heterocycles. The van der Waals surface area contributed by atoms with Crippen LogP contribution in [0.1, 0.15) is 48.6 Å². The van der Waals surface area contributed by atoms with E-state index in [-0.39, 0.29) is 23.8 Å². The number of halogens is 1. The van der Waals surface area contributed by atoms with Crippen LogP contribution in [-0.2, 0) is 56.3 Å². The highest BCUT2D eigenvalue weighted by Crippen LogP contribution is 2.38. The molecule has 0 atom stereocenters. The number of carbonyl (C=O) groups is 1. The normalized spacial score (nSPS) is 12.2. The summed E-state index contributed by atoms with van der Waals surface area (Å²) < 4.78 is 25.2. The summed E-state index contributed by atoms with van der Waals surface area (Å²) in [7, 11) is -0.729. The molecule has 5 aromatic carbocycles. The van der Waals surface area contributed by atoms with Crippen molar-refractivity contribution >= 4 is 41.6 Å². The van der Waals surface area contributed by atoms with Crippen LogP contribution in [0, 0.1) is 0 Å². The van der Waals surface area contributed by atoms with Gasteiger partial charge >= 0.3 is 5.97 Å². The van der Waals surface area contributed by atoms with Crippen molar-refractivity contribution in [3.63, 3.8) is 0 Å².